The van der Waals surface area contributed by atoms with Gasteiger partial charge in [-0.1, -0.05) is 0 Å². The molecule has 0 saturated carbocycles. The third-order valence-electron chi connectivity index (χ3n) is 1.75. The van der Waals surface area contributed by atoms with Crippen molar-refractivity contribution in [1.82, 2.24) is 25.3 Å². The zero-order chi connectivity index (χ0) is 11.7. The van der Waals surface area contributed by atoms with Crippen LogP contribution in [0.2, 0.25) is 5.28 Å². The van der Waals surface area contributed by atoms with Gasteiger partial charge in [0.2, 0.25) is 17.1 Å². The highest BCUT2D eigenvalue weighted by Gasteiger charge is 2.27. The number of amides is 3. The van der Waals surface area contributed by atoms with Gasteiger partial charge in [-0.3, -0.25) is 15.5 Å². The smallest absolute Gasteiger partial charge is 0.275 e. The van der Waals surface area contributed by atoms with Crippen LogP contribution in [0, 0.1) is 6.92 Å². The summed E-state index contributed by atoms with van der Waals surface area (Å²) >= 11 is 5.61. The average molecular weight is 243 g/mol. The molecule has 9 heteroatoms. The molecule has 1 aliphatic rings. The van der Waals surface area contributed by atoms with Crippen molar-refractivity contribution >= 4 is 29.5 Å². The lowest BCUT2D eigenvalue weighted by Crippen LogP contribution is -2.34. The first-order valence-corrected chi connectivity index (χ1v) is 4.68. The van der Waals surface area contributed by atoms with E-state index in [1.165, 1.54) is 0 Å². The molecule has 0 spiro atoms. The lowest BCUT2D eigenvalue weighted by molar-refractivity contribution is -0.118. The summed E-state index contributed by atoms with van der Waals surface area (Å²) < 4.78 is 0. The largest absolute Gasteiger partial charge is 0.343 e. The molecule has 0 radical (unpaired) electrons. The molecule has 0 bridgehead atoms. The molecule has 2 heterocycles. The molecule has 3 amide bonds. The van der Waals surface area contributed by atoms with E-state index in [1.54, 1.807) is 6.92 Å². The molecule has 2 rings (SSSR count). The van der Waals surface area contributed by atoms with E-state index in [2.05, 4.69) is 25.7 Å². The summed E-state index contributed by atoms with van der Waals surface area (Å²) in [6, 6.07) is -0.556. The third kappa shape index (κ3) is 2.16. The number of nitrogens with zero attached hydrogens (tertiary/aromatic N) is 4. The first-order valence-electron chi connectivity index (χ1n) is 4.31. The normalized spacial score (nSPS) is 15.2. The highest BCUT2D eigenvalue weighted by atomic mass is 35.5. The second-order valence-corrected chi connectivity index (χ2v) is 3.36. The van der Waals surface area contributed by atoms with Gasteiger partial charge in [0.15, 0.2) is 0 Å². The summed E-state index contributed by atoms with van der Waals surface area (Å²) in [5.74, 6) is 0.130. The van der Waals surface area contributed by atoms with Gasteiger partial charge in [-0.15, -0.1) is 0 Å². The minimum atomic E-state index is -0.556. The van der Waals surface area contributed by atoms with Crippen LogP contribution in [0.1, 0.15) is 5.82 Å². The summed E-state index contributed by atoms with van der Waals surface area (Å²) in [4.78, 5) is 33.5. The lowest BCUT2D eigenvalue weighted by atomic mass is 10.6. The van der Waals surface area contributed by atoms with E-state index in [0.29, 0.717) is 5.82 Å². The molecule has 1 saturated heterocycles. The van der Waals surface area contributed by atoms with E-state index in [0.717, 1.165) is 5.01 Å². The zero-order valence-corrected chi connectivity index (χ0v) is 8.95. The van der Waals surface area contributed by atoms with Crippen molar-refractivity contribution < 1.29 is 9.59 Å². The van der Waals surface area contributed by atoms with E-state index in [-0.39, 0.29) is 17.8 Å². The second kappa shape index (κ2) is 3.89. The first kappa shape index (κ1) is 10.6. The number of hydrogen-bond acceptors (Lipinski definition) is 6. The van der Waals surface area contributed by atoms with Gasteiger partial charge in [-0.2, -0.15) is 9.97 Å². The van der Waals surface area contributed by atoms with E-state index >= 15 is 0 Å². The van der Waals surface area contributed by atoms with Gasteiger partial charge in [0.05, 0.1) is 0 Å². The molecule has 84 valence electrons. The Morgan fingerprint density at radius 2 is 2.12 bits per heavy atom. The predicted octanol–water partition coefficient (Wildman–Crippen LogP) is -0.288. The standard InChI is InChI=1S/C7H7ClN6O2/c1-3-9-5(8)12-6(10-3)13-14-2-4(15)11-7(14)16/h2H2,1H3,(H,11,15,16)(H,9,10,12,13). The maximum atomic E-state index is 11.2. The number of hydrazine groups is 1. The number of rotatable bonds is 2. The number of imide groups is 1. The van der Waals surface area contributed by atoms with Gasteiger partial charge in [-0.25, -0.2) is 14.8 Å². The van der Waals surface area contributed by atoms with Crippen LogP contribution in [-0.4, -0.2) is 38.4 Å². The minimum absolute atomic E-state index is 0.0148. The fraction of sp³-hybridized carbons (Fsp3) is 0.286. The molecule has 0 aliphatic carbocycles. The summed E-state index contributed by atoms with van der Waals surface area (Å²) in [5.41, 5.74) is 2.56. The lowest BCUT2D eigenvalue weighted by Gasteiger charge is -2.14. The van der Waals surface area contributed by atoms with Crippen molar-refractivity contribution in [1.29, 1.82) is 0 Å². The quantitative estimate of drug-likeness (QED) is 0.692. The van der Waals surface area contributed by atoms with E-state index in [1.807, 2.05) is 0 Å². The topological polar surface area (TPSA) is 100 Å². The van der Waals surface area contributed by atoms with Crippen LogP contribution in [-0.2, 0) is 4.79 Å². The Labute approximate surface area is 95.0 Å². The molecule has 1 aromatic heterocycles. The summed E-state index contributed by atoms with van der Waals surface area (Å²) in [7, 11) is 0. The minimum Gasteiger partial charge on any atom is -0.275 e. The molecule has 0 aromatic carbocycles. The number of halogens is 1. The molecule has 8 nitrogen and oxygen atoms in total. The SMILES string of the molecule is Cc1nc(Cl)nc(NN2CC(=O)NC2=O)n1. The molecule has 1 fully saturated rings. The maximum absolute atomic E-state index is 11.2. The van der Waals surface area contributed by atoms with E-state index in [4.69, 9.17) is 11.6 Å². The fourth-order valence-electron chi connectivity index (χ4n) is 1.15. The second-order valence-electron chi connectivity index (χ2n) is 3.03. The Bertz CT molecular complexity index is 444. The summed E-state index contributed by atoms with van der Waals surface area (Å²) in [6.07, 6.45) is 0. The number of urea groups is 1. The number of aryl methyl sites for hydroxylation is 1. The van der Waals surface area contributed by atoms with Crippen molar-refractivity contribution in [3.8, 4) is 0 Å². The van der Waals surface area contributed by atoms with Gasteiger partial charge in [0.25, 0.3) is 0 Å². The molecular weight excluding hydrogens is 236 g/mol. The Balaban J connectivity index is 2.15. The van der Waals surface area contributed by atoms with Crippen molar-refractivity contribution in [3.05, 3.63) is 11.1 Å². The third-order valence-corrected chi connectivity index (χ3v) is 1.92. The van der Waals surface area contributed by atoms with Crippen molar-refractivity contribution in [2.45, 2.75) is 6.92 Å². The van der Waals surface area contributed by atoms with Crippen LogP contribution >= 0.6 is 11.6 Å². The molecule has 16 heavy (non-hydrogen) atoms. The number of carbonyl (C=O) groups is 2. The van der Waals surface area contributed by atoms with Crippen LogP contribution in [0.5, 0.6) is 0 Å². The monoisotopic (exact) mass is 242 g/mol. The van der Waals surface area contributed by atoms with E-state index in [9.17, 15) is 9.59 Å². The number of nitrogens with one attached hydrogen (secondary N) is 2. The molecule has 1 aliphatic heterocycles. The number of anilines is 1. The summed E-state index contributed by atoms with van der Waals surface area (Å²) in [5, 5.41) is 3.16. The zero-order valence-electron chi connectivity index (χ0n) is 8.19. The van der Waals surface area contributed by atoms with Crippen LogP contribution in [0.15, 0.2) is 0 Å². The number of aromatic nitrogens is 3. The Morgan fingerprint density at radius 1 is 1.38 bits per heavy atom. The van der Waals surface area contributed by atoms with Crippen molar-refractivity contribution in [2.24, 2.45) is 0 Å². The van der Waals surface area contributed by atoms with E-state index < -0.39 is 11.9 Å². The molecule has 2 N–H and O–H groups in total. The van der Waals surface area contributed by atoms with Crippen LogP contribution in [0.25, 0.3) is 0 Å². The van der Waals surface area contributed by atoms with Crippen LogP contribution in [0.4, 0.5) is 10.7 Å². The highest BCUT2D eigenvalue weighted by Crippen LogP contribution is 2.07. The van der Waals surface area contributed by atoms with Crippen molar-refractivity contribution in [2.75, 3.05) is 12.0 Å². The average Bonchev–Trinajstić information content (AvgIpc) is 2.43. The van der Waals surface area contributed by atoms with Crippen molar-refractivity contribution in [3.63, 3.8) is 0 Å². The van der Waals surface area contributed by atoms with Gasteiger partial charge in [0.1, 0.15) is 12.4 Å². The first-order chi connectivity index (χ1) is 7.54. The number of hydrogen-bond donors (Lipinski definition) is 2. The number of carbonyl (C=O) groups excluding carboxylic acids is 2. The van der Waals surface area contributed by atoms with Gasteiger partial charge in [-0.05, 0) is 18.5 Å². The Kier molecular flexibility index (Phi) is 2.57. The fourth-order valence-corrected chi connectivity index (χ4v) is 1.35. The summed E-state index contributed by atoms with van der Waals surface area (Å²) in [6.45, 7) is 1.54. The molecule has 0 unspecified atom stereocenters. The van der Waals surface area contributed by atoms with Gasteiger partial charge in [0, 0.05) is 0 Å². The maximum Gasteiger partial charge on any atom is 0.343 e. The molecule has 0 atom stereocenters. The predicted molar refractivity (Wildman–Crippen MR) is 53.4 cm³/mol. The highest BCUT2D eigenvalue weighted by molar-refractivity contribution is 6.28. The van der Waals surface area contributed by atoms with Crippen LogP contribution < -0.4 is 10.7 Å². The molecular formula is C7H7ClN6O2. The van der Waals surface area contributed by atoms with Gasteiger partial charge < -0.3 is 0 Å². The van der Waals surface area contributed by atoms with Crippen LogP contribution in [0.3, 0.4) is 0 Å². The van der Waals surface area contributed by atoms with Gasteiger partial charge >= 0.3 is 6.03 Å². The Morgan fingerprint density at radius 3 is 2.69 bits per heavy atom. The Hall–Kier alpha value is -1.96. The molecule has 1 aromatic rings.